The lowest BCUT2D eigenvalue weighted by molar-refractivity contribution is -0.121. The van der Waals surface area contributed by atoms with Crippen molar-refractivity contribution in [2.24, 2.45) is 0 Å². The maximum absolute atomic E-state index is 12.2. The maximum atomic E-state index is 12.2. The van der Waals surface area contributed by atoms with E-state index in [1.165, 1.54) is 11.1 Å². The summed E-state index contributed by atoms with van der Waals surface area (Å²) in [7, 11) is 0. The molecule has 1 atom stereocenters. The van der Waals surface area contributed by atoms with Crippen LogP contribution in [0.25, 0.3) is 0 Å². The van der Waals surface area contributed by atoms with E-state index in [0.29, 0.717) is 13.0 Å². The highest BCUT2D eigenvalue weighted by Gasteiger charge is 2.10. The molecule has 0 spiro atoms. The van der Waals surface area contributed by atoms with E-state index in [2.05, 4.69) is 41.5 Å². The van der Waals surface area contributed by atoms with Crippen LogP contribution in [0.5, 0.6) is 0 Å². The van der Waals surface area contributed by atoms with Gasteiger partial charge in [-0.3, -0.25) is 4.79 Å². The van der Waals surface area contributed by atoms with Crippen molar-refractivity contribution in [1.29, 1.82) is 0 Å². The second-order valence-electron chi connectivity index (χ2n) is 6.35. The molecular formula is C21H23N3O. The van der Waals surface area contributed by atoms with Crippen LogP contribution in [0.1, 0.15) is 36.0 Å². The van der Waals surface area contributed by atoms with E-state index in [4.69, 9.17) is 0 Å². The average Bonchev–Trinajstić information content (AvgIpc) is 3.14. The summed E-state index contributed by atoms with van der Waals surface area (Å²) >= 11 is 0. The molecule has 0 unspecified atom stereocenters. The van der Waals surface area contributed by atoms with E-state index < -0.39 is 0 Å². The van der Waals surface area contributed by atoms with Crippen LogP contribution in [0.2, 0.25) is 0 Å². The summed E-state index contributed by atoms with van der Waals surface area (Å²) < 4.78 is 2.03. The first kappa shape index (κ1) is 17.0. The van der Waals surface area contributed by atoms with Crippen LogP contribution in [-0.2, 0) is 17.9 Å². The summed E-state index contributed by atoms with van der Waals surface area (Å²) in [4.78, 5) is 16.3. The van der Waals surface area contributed by atoms with Crippen LogP contribution < -0.4 is 5.32 Å². The first-order chi connectivity index (χ1) is 12.2. The topological polar surface area (TPSA) is 46.9 Å². The van der Waals surface area contributed by atoms with Crippen molar-refractivity contribution in [3.63, 3.8) is 0 Å². The molecule has 4 heteroatoms. The number of rotatable bonds is 7. The van der Waals surface area contributed by atoms with E-state index in [9.17, 15) is 4.79 Å². The number of aromatic nitrogens is 2. The van der Waals surface area contributed by atoms with Crippen molar-refractivity contribution in [1.82, 2.24) is 14.9 Å². The Labute approximate surface area is 148 Å². The molecule has 3 rings (SSSR count). The molecule has 3 aromatic rings. The predicted octanol–water partition coefficient (Wildman–Crippen LogP) is 3.74. The second kappa shape index (κ2) is 8.29. The quantitative estimate of drug-likeness (QED) is 0.716. The lowest BCUT2D eigenvalue weighted by atomic mass is 9.97. The van der Waals surface area contributed by atoms with Gasteiger partial charge in [-0.25, -0.2) is 4.98 Å². The van der Waals surface area contributed by atoms with Gasteiger partial charge in [-0.2, -0.15) is 0 Å². The van der Waals surface area contributed by atoms with Crippen LogP contribution in [-0.4, -0.2) is 15.5 Å². The van der Waals surface area contributed by atoms with Gasteiger partial charge in [-0.1, -0.05) is 61.5 Å². The predicted molar refractivity (Wildman–Crippen MR) is 99.1 cm³/mol. The minimum atomic E-state index is 0.0800. The number of benzene rings is 2. The summed E-state index contributed by atoms with van der Waals surface area (Å²) in [5.74, 6) is 0.296. The van der Waals surface area contributed by atoms with Gasteiger partial charge < -0.3 is 9.88 Å². The van der Waals surface area contributed by atoms with Crippen LogP contribution in [0.4, 0.5) is 0 Å². The number of hydrogen-bond donors (Lipinski definition) is 1. The summed E-state index contributed by atoms with van der Waals surface area (Å²) in [6.07, 6.45) is 6.02. The van der Waals surface area contributed by atoms with Crippen LogP contribution >= 0.6 is 0 Å². The van der Waals surface area contributed by atoms with Gasteiger partial charge in [-0.05, 0) is 22.6 Å². The zero-order chi connectivity index (χ0) is 17.5. The van der Waals surface area contributed by atoms with Crippen molar-refractivity contribution in [2.45, 2.75) is 32.4 Å². The van der Waals surface area contributed by atoms with Crippen LogP contribution in [0.3, 0.4) is 0 Å². The van der Waals surface area contributed by atoms with Gasteiger partial charge in [0, 0.05) is 31.9 Å². The molecule has 2 aromatic carbocycles. The van der Waals surface area contributed by atoms with Gasteiger partial charge in [0.1, 0.15) is 0 Å². The third-order valence-electron chi connectivity index (χ3n) is 4.27. The van der Waals surface area contributed by atoms with Gasteiger partial charge in [-0.15, -0.1) is 0 Å². The molecule has 0 saturated heterocycles. The van der Waals surface area contributed by atoms with Gasteiger partial charge in [0.25, 0.3) is 0 Å². The van der Waals surface area contributed by atoms with E-state index in [0.717, 1.165) is 12.1 Å². The van der Waals surface area contributed by atoms with Crippen LogP contribution in [0, 0.1) is 0 Å². The Morgan fingerprint density at radius 1 is 1.12 bits per heavy atom. The molecule has 0 fully saturated rings. The Morgan fingerprint density at radius 2 is 1.92 bits per heavy atom. The molecule has 1 N–H and O–H groups in total. The molecule has 0 aliphatic rings. The Hall–Kier alpha value is -2.88. The minimum absolute atomic E-state index is 0.0800. The van der Waals surface area contributed by atoms with E-state index in [-0.39, 0.29) is 11.8 Å². The average molecular weight is 333 g/mol. The van der Waals surface area contributed by atoms with Gasteiger partial charge >= 0.3 is 0 Å². The zero-order valence-corrected chi connectivity index (χ0v) is 14.4. The number of nitrogens with zero attached hydrogens (tertiary/aromatic N) is 2. The molecule has 1 aromatic heterocycles. The number of carbonyl (C=O) groups excluding carboxylic acids is 1. The lowest BCUT2D eigenvalue weighted by Gasteiger charge is -2.12. The maximum Gasteiger partial charge on any atom is 0.220 e. The van der Waals surface area contributed by atoms with Gasteiger partial charge in [0.2, 0.25) is 5.91 Å². The Morgan fingerprint density at radius 3 is 2.68 bits per heavy atom. The van der Waals surface area contributed by atoms with Crippen molar-refractivity contribution >= 4 is 5.91 Å². The molecule has 1 heterocycles. The smallest absolute Gasteiger partial charge is 0.220 e. The standard InChI is InChI=1S/C21H23N3O/c1-17(20-8-3-2-4-9-20)12-21(25)23-14-18-6-5-7-19(13-18)15-24-11-10-22-16-24/h2-11,13,16-17H,12,14-15H2,1H3,(H,23,25)/t17-/m0/s1. The van der Waals surface area contributed by atoms with Gasteiger partial charge in [0.15, 0.2) is 0 Å². The number of hydrogen-bond acceptors (Lipinski definition) is 2. The lowest BCUT2D eigenvalue weighted by Crippen LogP contribution is -2.24. The third-order valence-corrected chi connectivity index (χ3v) is 4.27. The molecule has 1 amide bonds. The molecule has 128 valence electrons. The minimum Gasteiger partial charge on any atom is -0.352 e. The molecule has 4 nitrogen and oxygen atoms in total. The Bertz CT molecular complexity index is 797. The first-order valence-corrected chi connectivity index (χ1v) is 8.56. The van der Waals surface area contributed by atoms with Crippen molar-refractivity contribution in [3.8, 4) is 0 Å². The fraction of sp³-hybridized carbons (Fsp3) is 0.238. The third kappa shape index (κ3) is 5.05. The second-order valence-corrected chi connectivity index (χ2v) is 6.35. The molecule has 25 heavy (non-hydrogen) atoms. The van der Waals surface area contributed by atoms with Crippen molar-refractivity contribution in [2.75, 3.05) is 0 Å². The van der Waals surface area contributed by atoms with Crippen LogP contribution in [0.15, 0.2) is 73.3 Å². The highest BCUT2D eigenvalue weighted by Crippen LogP contribution is 2.18. The fourth-order valence-corrected chi connectivity index (χ4v) is 2.88. The van der Waals surface area contributed by atoms with Crippen molar-refractivity contribution in [3.05, 3.63) is 90.0 Å². The van der Waals surface area contributed by atoms with E-state index >= 15 is 0 Å². The molecular weight excluding hydrogens is 310 g/mol. The Balaban J connectivity index is 1.52. The summed E-state index contributed by atoms with van der Waals surface area (Å²) in [5, 5.41) is 3.03. The van der Waals surface area contributed by atoms with Gasteiger partial charge in [0.05, 0.1) is 6.33 Å². The summed E-state index contributed by atoms with van der Waals surface area (Å²) in [6.45, 7) is 3.42. The molecule has 0 saturated carbocycles. The SMILES string of the molecule is C[C@@H](CC(=O)NCc1cccc(Cn2ccnc2)c1)c1ccccc1. The molecule has 0 bridgehead atoms. The van der Waals surface area contributed by atoms with E-state index in [1.54, 1.807) is 12.5 Å². The van der Waals surface area contributed by atoms with E-state index in [1.807, 2.05) is 41.1 Å². The molecule has 0 aliphatic heterocycles. The Kier molecular flexibility index (Phi) is 5.62. The fourth-order valence-electron chi connectivity index (χ4n) is 2.88. The normalized spacial score (nSPS) is 11.9. The molecule has 0 aliphatic carbocycles. The zero-order valence-electron chi connectivity index (χ0n) is 14.4. The highest BCUT2D eigenvalue weighted by molar-refractivity contribution is 5.76. The first-order valence-electron chi connectivity index (χ1n) is 8.56. The number of amides is 1. The number of carbonyl (C=O) groups is 1. The molecule has 0 radical (unpaired) electrons. The van der Waals surface area contributed by atoms with Crippen molar-refractivity contribution < 1.29 is 4.79 Å². The number of imidazole rings is 1. The summed E-state index contributed by atoms with van der Waals surface area (Å²) in [5.41, 5.74) is 3.50. The monoisotopic (exact) mass is 333 g/mol. The largest absolute Gasteiger partial charge is 0.352 e. The highest BCUT2D eigenvalue weighted by atomic mass is 16.1. The summed E-state index contributed by atoms with van der Waals surface area (Å²) in [6, 6.07) is 18.4. The number of nitrogens with one attached hydrogen (secondary N) is 1.